The lowest BCUT2D eigenvalue weighted by atomic mass is 10.1. The van der Waals surface area contributed by atoms with E-state index in [0.717, 1.165) is 11.3 Å². The van der Waals surface area contributed by atoms with E-state index in [1.54, 1.807) is 18.2 Å². The quantitative estimate of drug-likeness (QED) is 0.637. The van der Waals surface area contributed by atoms with Crippen LogP contribution in [0.2, 0.25) is 0 Å². The third-order valence-electron chi connectivity index (χ3n) is 3.54. The Bertz CT molecular complexity index is 842. The minimum atomic E-state index is -0.324. The van der Waals surface area contributed by atoms with Crippen LogP contribution in [0.1, 0.15) is 6.92 Å². The number of aliphatic hydroxyl groups is 1. The molecule has 5 nitrogen and oxygen atoms in total. The number of rotatable bonds is 6. The molecule has 2 aromatic carbocycles. The van der Waals surface area contributed by atoms with Gasteiger partial charge in [-0.2, -0.15) is 4.98 Å². The average molecular weight is 338 g/mol. The smallest absolute Gasteiger partial charge is 0.225 e. The second-order valence-electron chi connectivity index (χ2n) is 5.69. The standard InChI is InChI=1S/C19H19FN4O/c1-13(12-25)21-19-23-17(14-6-3-2-4-7-14)11-18(24-19)22-16-9-5-8-15(20)10-16/h2-11,13,25H,12H2,1H3,(H2,21,22,23,24)/t13-/m0/s1. The van der Waals surface area contributed by atoms with E-state index >= 15 is 0 Å². The minimum absolute atomic E-state index is 0.0361. The van der Waals surface area contributed by atoms with Gasteiger partial charge < -0.3 is 15.7 Å². The molecule has 3 rings (SSSR count). The molecule has 0 aliphatic carbocycles. The highest BCUT2D eigenvalue weighted by Gasteiger charge is 2.09. The molecule has 0 bridgehead atoms. The van der Waals surface area contributed by atoms with E-state index in [1.807, 2.05) is 37.3 Å². The van der Waals surface area contributed by atoms with Crippen LogP contribution < -0.4 is 10.6 Å². The average Bonchev–Trinajstić information content (AvgIpc) is 2.62. The van der Waals surface area contributed by atoms with Gasteiger partial charge in [-0.25, -0.2) is 9.37 Å². The number of nitrogens with zero attached hydrogens (tertiary/aromatic N) is 2. The maximum Gasteiger partial charge on any atom is 0.225 e. The van der Waals surface area contributed by atoms with Gasteiger partial charge in [0.05, 0.1) is 12.3 Å². The molecule has 0 amide bonds. The molecule has 128 valence electrons. The summed E-state index contributed by atoms with van der Waals surface area (Å²) in [5, 5.41) is 15.4. The maximum absolute atomic E-state index is 13.4. The molecular formula is C19H19FN4O. The lowest BCUT2D eigenvalue weighted by Gasteiger charge is -2.14. The van der Waals surface area contributed by atoms with E-state index in [-0.39, 0.29) is 18.5 Å². The fourth-order valence-corrected chi connectivity index (χ4v) is 2.31. The normalized spacial score (nSPS) is 11.8. The largest absolute Gasteiger partial charge is 0.394 e. The molecule has 0 fully saturated rings. The molecule has 1 aromatic heterocycles. The van der Waals surface area contributed by atoms with E-state index in [9.17, 15) is 9.50 Å². The van der Waals surface area contributed by atoms with Crippen LogP contribution in [0, 0.1) is 5.82 Å². The number of aliphatic hydroxyl groups excluding tert-OH is 1. The van der Waals surface area contributed by atoms with Crippen molar-refractivity contribution < 1.29 is 9.50 Å². The van der Waals surface area contributed by atoms with Crippen LogP contribution in [-0.4, -0.2) is 27.7 Å². The SMILES string of the molecule is C[C@@H](CO)Nc1nc(Nc2cccc(F)c2)cc(-c2ccccc2)n1. The molecule has 0 unspecified atom stereocenters. The maximum atomic E-state index is 13.4. The van der Waals surface area contributed by atoms with Crippen molar-refractivity contribution in [3.8, 4) is 11.3 Å². The molecule has 0 saturated carbocycles. The van der Waals surface area contributed by atoms with Crippen LogP contribution in [0.15, 0.2) is 60.7 Å². The second kappa shape index (κ2) is 7.72. The van der Waals surface area contributed by atoms with Crippen LogP contribution in [0.5, 0.6) is 0 Å². The van der Waals surface area contributed by atoms with Crippen molar-refractivity contribution in [1.82, 2.24) is 9.97 Å². The topological polar surface area (TPSA) is 70.1 Å². The number of aromatic nitrogens is 2. The number of nitrogens with one attached hydrogen (secondary N) is 2. The fraction of sp³-hybridized carbons (Fsp3) is 0.158. The summed E-state index contributed by atoms with van der Waals surface area (Å²) in [6, 6.07) is 17.5. The summed E-state index contributed by atoms with van der Waals surface area (Å²) in [6.45, 7) is 1.80. The first kappa shape index (κ1) is 16.9. The van der Waals surface area contributed by atoms with Crippen molar-refractivity contribution in [2.45, 2.75) is 13.0 Å². The highest BCUT2D eigenvalue weighted by atomic mass is 19.1. The van der Waals surface area contributed by atoms with E-state index in [4.69, 9.17) is 0 Å². The zero-order valence-corrected chi connectivity index (χ0v) is 13.8. The van der Waals surface area contributed by atoms with E-state index in [1.165, 1.54) is 12.1 Å². The van der Waals surface area contributed by atoms with Gasteiger partial charge in [0.25, 0.3) is 0 Å². The minimum Gasteiger partial charge on any atom is -0.394 e. The Balaban J connectivity index is 1.97. The molecule has 3 aromatic rings. The van der Waals surface area contributed by atoms with Crippen molar-refractivity contribution in [3.05, 3.63) is 66.5 Å². The Hall–Kier alpha value is -2.99. The molecule has 1 heterocycles. The van der Waals surface area contributed by atoms with Crippen molar-refractivity contribution in [2.75, 3.05) is 17.2 Å². The molecule has 0 radical (unpaired) electrons. The van der Waals surface area contributed by atoms with Crippen LogP contribution in [0.25, 0.3) is 11.3 Å². The van der Waals surface area contributed by atoms with Gasteiger partial charge in [-0.05, 0) is 25.1 Å². The summed E-state index contributed by atoms with van der Waals surface area (Å²) in [7, 11) is 0. The highest BCUT2D eigenvalue weighted by Crippen LogP contribution is 2.24. The molecule has 3 N–H and O–H groups in total. The predicted octanol–water partition coefficient (Wildman–Crippen LogP) is 3.82. The molecule has 1 atom stereocenters. The van der Waals surface area contributed by atoms with Gasteiger partial charge in [0.15, 0.2) is 0 Å². The first-order chi connectivity index (χ1) is 12.1. The Morgan fingerprint density at radius 2 is 1.84 bits per heavy atom. The number of halogens is 1. The van der Waals surface area contributed by atoms with Gasteiger partial charge in [-0.15, -0.1) is 0 Å². The van der Waals surface area contributed by atoms with Gasteiger partial charge >= 0.3 is 0 Å². The number of hydrogen-bond donors (Lipinski definition) is 3. The van der Waals surface area contributed by atoms with E-state index < -0.39 is 0 Å². The summed E-state index contributed by atoms with van der Waals surface area (Å²) >= 11 is 0. The second-order valence-corrected chi connectivity index (χ2v) is 5.69. The van der Waals surface area contributed by atoms with E-state index in [2.05, 4.69) is 20.6 Å². The van der Waals surface area contributed by atoms with Gasteiger partial charge in [0.1, 0.15) is 11.6 Å². The van der Waals surface area contributed by atoms with Crippen LogP contribution in [-0.2, 0) is 0 Å². The number of hydrogen-bond acceptors (Lipinski definition) is 5. The first-order valence-electron chi connectivity index (χ1n) is 7.98. The van der Waals surface area contributed by atoms with Crippen molar-refractivity contribution in [3.63, 3.8) is 0 Å². The Kier molecular flexibility index (Phi) is 5.20. The Morgan fingerprint density at radius 3 is 2.56 bits per heavy atom. The third-order valence-corrected chi connectivity index (χ3v) is 3.54. The molecule has 0 aliphatic rings. The first-order valence-corrected chi connectivity index (χ1v) is 7.98. The summed E-state index contributed by atoms with van der Waals surface area (Å²) in [5.74, 6) is 0.600. The molecule has 25 heavy (non-hydrogen) atoms. The third kappa shape index (κ3) is 4.51. The number of anilines is 3. The lowest BCUT2D eigenvalue weighted by molar-refractivity contribution is 0.281. The summed E-state index contributed by atoms with van der Waals surface area (Å²) in [4.78, 5) is 8.91. The molecule has 0 spiro atoms. The van der Waals surface area contributed by atoms with Gasteiger partial charge in [0.2, 0.25) is 5.95 Å². The summed E-state index contributed by atoms with van der Waals surface area (Å²) in [6.07, 6.45) is 0. The predicted molar refractivity (Wildman–Crippen MR) is 97.3 cm³/mol. The zero-order chi connectivity index (χ0) is 17.6. The fourth-order valence-electron chi connectivity index (χ4n) is 2.31. The van der Waals surface area contributed by atoms with Crippen LogP contribution in [0.4, 0.5) is 21.8 Å². The zero-order valence-electron chi connectivity index (χ0n) is 13.8. The van der Waals surface area contributed by atoms with Crippen molar-refractivity contribution >= 4 is 17.5 Å². The summed E-state index contributed by atoms with van der Waals surface area (Å²) < 4.78 is 13.4. The van der Waals surface area contributed by atoms with Crippen LogP contribution >= 0.6 is 0 Å². The molecule has 0 saturated heterocycles. The van der Waals surface area contributed by atoms with Crippen molar-refractivity contribution in [2.24, 2.45) is 0 Å². The van der Waals surface area contributed by atoms with Crippen molar-refractivity contribution in [1.29, 1.82) is 0 Å². The Morgan fingerprint density at radius 1 is 1.04 bits per heavy atom. The van der Waals surface area contributed by atoms with Gasteiger partial charge in [-0.3, -0.25) is 0 Å². The number of benzene rings is 2. The molecule has 0 aliphatic heterocycles. The molecular weight excluding hydrogens is 319 g/mol. The highest BCUT2D eigenvalue weighted by molar-refractivity contribution is 5.67. The van der Waals surface area contributed by atoms with Gasteiger partial charge in [-0.1, -0.05) is 36.4 Å². The van der Waals surface area contributed by atoms with E-state index in [0.29, 0.717) is 17.5 Å². The molecule has 6 heteroatoms. The van der Waals surface area contributed by atoms with Gasteiger partial charge in [0, 0.05) is 23.4 Å². The van der Waals surface area contributed by atoms with Crippen LogP contribution in [0.3, 0.4) is 0 Å². The Labute approximate surface area is 145 Å². The summed E-state index contributed by atoms with van der Waals surface area (Å²) in [5.41, 5.74) is 2.26. The lowest BCUT2D eigenvalue weighted by Crippen LogP contribution is -2.21. The monoisotopic (exact) mass is 338 g/mol.